The molecular formula is C27H37N3O4. The van der Waals surface area contributed by atoms with E-state index in [0.717, 1.165) is 19.5 Å². The Morgan fingerprint density at radius 1 is 1.15 bits per heavy atom. The number of amides is 2. The Morgan fingerprint density at radius 2 is 1.88 bits per heavy atom. The second kappa shape index (κ2) is 12.0. The van der Waals surface area contributed by atoms with Gasteiger partial charge in [-0.3, -0.25) is 14.5 Å². The zero-order chi connectivity index (χ0) is 24.7. The molecule has 1 aliphatic rings. The molecule has 0 saturated carbocycles. The number of likely N-dealkylation sites (N-methyl/N-ethyl adjacent to an activating group) is 1. The molecule has 2 aromatic carbocycles. The van der Waals surface area contributed by atoms with Gasteiger partial charge >= 0.3 is 0 Å². The zero-order valence-electron chi connectivity index (χ0n) is 20.9. The van der Waals surface area contributed by atoms with E-state index >= 15 is 0 Å². The molecule has 184 valence electrons. The van der Waals surface area contributed by atoms with Crippen LogP contribution in [-0.2, 0) is 16.0 Å². The van der Waals surface area contributed by atoms with Crippen LogP contribution in [0.3, 0.4) is 0 Å². The van der Waals surface area contributed by atoms with Gasteiger partial charge in [0.05, 0.1) is 11.7 Å². The van der Waals surface area contributed by atoms with Crippen molar-refractivity contribution >= 4 is 17.5 Å². The molecule has 2 aromatic rings. The Bertz CT molecular complexity index is 966. The van der Waals surface area contributed by atoms with Gasteiger partial charge in [0.15, 0.2) is 0 Å². The lowest BCUT2D eigenvalue weighted by atomic mass is 10.0. The molecule has 7 heteroatoms. The van der Waals surface area contributed by atoms with Crippen LogP contribution >= 0.6 is 0 Å². The van der Waals surface area contributed by atoms with E-state index in [1.54, 1.807) is 37.3 Å². The third-order valence-electron chi connectivity index (χ3n) is 6.42. The van der Waals surface area contributed by atoms with E-state index in [1.807, 2.05) is 6.07 Å². The molecule has 0 aliphatic carbocycles. The number of hydrogen-bond donors (Lipinski definition) is 1. The Labute approximate surface area is 203 Å². The van der Waals surface area contributed by atoms with Gasteiger partial charge < -0.3 is 19.7 Å². The van der Waals surface area contributed by atoms with Crippen LogP contribution in [0.2, 0.25) is 0 Å². The van der Waals surface area contributed by atoms with E-state index in [1.165, 1.54) is 12.5 Å². The summed E-state index contributed by atoms with van der Waals surface area (Å²) < 4.78 is 12.0. The molecule has 0 saturated heterocycles. The van der Waals surface area contributed by atoms with Crippen molar-refractivity contribution in [1.29, 1.82) is 0 Å². The summed E-state index contributed by atoms with van der Waals surface area (Å²) in [4.78, 5) is 29.0. The van der Waals surface area contributed by atoms with E-state index in [9.17, 15) is 9.59 Å². The lowest BCUT2D eigenvalue weighted by Crippen LogP contribution is -2.47. The minimum atomic E-state index is -0.189. The summed E-state index contributed by atoms with van der Waals surface area (Å²) in [6.07, 6.45) is 0.840. The van der Waals surface area contributed by atoms with Crippen molar-refractivity contribution in [2.24, 2.45) is 5.92 Å². The molecule has 34 heavy (non-hydrogen) atoms. The Hall–Kier alpha value is -2.90. The highest BCUT2D eigenvalue weighted by atomic mass is 16.5. The van der Waals surface area contributed by atoms with Gasteiger partial charge in [-0.25, -0.2) is 0 Å². The fraction of sp³-hybridized carbons (Fsp3) is 0.481. The summed E-state index contributed by atoms with van der Waals surface area (Å²) in [5.41, 5.74) is 2.30. The summed E-state index contributed by atoms with van der Waals surface area (Å²) in [6.45, 7) is 8.42. The van der Waals surface area contributed by atoms with E-state index in [0.29, 0.717) is 30.2 Å². The SMILES string of the molecule is CO[C@@H]1CN(C)C(=O)c2cc(NC(C)=O)ccc2OC[C@@H](C)N(CCc2ccccc2)C[C@H]1C. The normalized spacial score (nSPS) is 22.2. The molecule has 0 aromatic heterocycles. The van der Waals surface area contributed by atoms with Gasteiger partial charge in [0.25, 0.3) is 5.91 Å². The number of nitrogens with one attached hydrogen (secondary N) is 1. The molecule has 2 amide bonds. The number of carbonyl (C=O) groups is 2. The first-order valence-corrected chi connectivity index (χ1v) is 11.9. The molecule has 7 nitrogen and oxygen atoms in total. The van der Waals surface area contributed by atoms with Crippen molar-refractivity contribution in [2.75, 3.05) is 45.7 Å². The van der Waals surface area contributed by atoms with Crippen LogP contribution in [-0.4, -0.2) is 74.2 Å². The third kappa shape index (κ3) is 6.81. The molecule has 0 fully saturated rings. The molecule has 3 rings (SSSR count). The van der Waals surface area contributed by atoms with Crippen LogP contribution in [0.15, 0.2) is 48.5 Å². The quantitative estimate of drug-likeness (QED) is 0.726. The van der Waals surface area contributed by atoms with Crippen molar-refractivity contribution < 1.29 is 19.1 Å². The van der Waals surface area contributed by atoms with E-state index < -0.39 is 0 Å². The van der Waals surface area contributed by atoms with Crippen LogP contribution in [0, 0.1) is 5.92 Å². The Morgan fingerprint density at radius 3 is 2.56 bits per heavy atom. The van der Waals surface area contributed by atoms with E-state index in [4.69, 9.17) is 9.47 Å². The molecule has 0 spiro atoms. The average Bonchev–Trinajstić information content (AvgIpc) is 2.82. The molecular weight excluding hydrogens is 430 g/mol. The summed E-state index contributed by atoms with van der Waals surface area (Å²) in [5.74, 6) is 0.378. The molecule has 1 N–H and O–H groups in total. The van der Waals surface area contributed by atoms with Crippen molar-refractivity contribution in [3.63, 3.8) is 0 Å². The van der Waals surface area contributed by atoms with Crippen LogP contribution < -0.4 is 10.1 Å². The van der Waals surface area contributed by atoms with Crippen molar-refractivity contribution in [3.8, 4) is 5.75 Å². The number of rotatable bonds is 5. The fourth-order valence-corrected chi connectivity index (χ4v) is 4.36. The largest absolute Gasteiger partial charge is 0.491 e. The van der Waals surface area contributed by atoms with Crippen LogP contribution in [0.5, 0.6) is 5.75 Å². The maximum atomic E-state index is 13.3. The summed E-state index contributed by atoms with van der Waals surface area (Å²) in [6, 6.07) is 15.8. The number of hydrogen-bond acceptors (Lipinski definition) is 5. The summed E-state index contributed by atoms with van der Waals surface area (Å²) >= 11 is 0. The number of benzene rings is 2. The first kappa shape index (κ1) is 25.7. The van der Waals surface area contributed by atoms with Crippen LogP contribution in [0.25, 0.3) is 0 Å². The van der Waals surface area contributed by atoms with Crippen molar-refractivity contribution in [1.82, 2.24) is 9.80 Å². The molecule has 1 heterocycles. The highest BCUT2D eigenvalue weighted by Crippen LogP contribution is 2.26. The van der Waals surface area contributed by atoms with E-state index in [-0.39, 0.29) is 29.9 Å². The molecule has 1 aliphatic heterocycles. The number of ether oxygens (including phenoxy) is 2. The first-order chi connectivity index (χ1) is 16.3. The number of methoxy groups -OCH3 is 1. The van der Waals surface area contributed by atoms with Gasteiger partial charge in [0.2, 0.25) is 5.91 Å². The monoisotopic (exact) mass is 467 g/mol. The fourth-order valence-electron chi connectivity index (χ4n) is 4.36. The first-order valence-electron chi connectivity index (χ1n) is 11.9. The van der Waals surface area contributed by atoms with Crippen LogP contribution in [0.1, 0.15) is 36.7 Å². The van der Waals surface area contributed by atoms with Gasteiger partial charge in [-0.05, 0) is 43.0 Å². The van der Waals surface area contributed by atoms with Crippen molar-refractivity contribution in [2.45, 2.75) is 39.3 Å². The standard InChI is InChI=1S/C27H37N3O4/c1-19-16-30(14-13-22-9-7-6-8-10-22)20(2)18-34-25-12-11-23(28-21(3)31)15-24(25)27(32)29(4)17-26(19)33-5/h6-12,15,19-20,26H,13-14,16-18H2,1-5H3,(H,28,31)/t19-,20-,26-/m1/s1. The number of nitrogens with zero attached hydrogens (tertiary/aromatic N) is 2. The molecule has 0 radical (unpaired) electrons. The highest BCUT2D eigenvalue weighted by Gasteiger charge is 2.28. The third-order valence-corrected chi connectivity index (χ3v) is 6.42. The smallest absolute Gasteiger partial charge is 0.257 e. The predicted octanol–water partition coefficient (Wildman–Crippen LogP) is 3.69. The van der Waals surface area contributed by atoms with Gasteiger partial charge in [0.1, 0.15) is 12.4 Å². The van der Waals surface area contributed by atoms with Gasteiger partial charge in [-0.2, -0.15) is 0 Å². The minimum Gasteiger partial charge on any atom is -0.491 e. The van der Waals surface area contributed by atoms with Gasteiger partial charge in [0, 0.05) is 52.4 Å². The average molecular weight is 468 g/mol. The predicted molar refractivity (Wildman–Crippen MR) is 134 cm³/mol. The van der Waals surface area contributed by atoms with Gasteiger partial charge in [-0.15, -0.1) is 0 Å². The number of fused-ring (bicyclic) bond motifs is 1. The molecule has 3 atom stereocenters. The second-order valence-electron chi connectivity index (χ2n) is 9.22. The maximum absolute atomic E-state index is 13.3. The Balaban J connectivity index is 1.88. The van der Waals surface area contributed by atoms with Gasteiger partial charge in [-0.1, -0.05) is 37.3 Å². The number of anilines is 1. The minimum absolute atomic E-state index is 0.109. The zero-order valence-corrected chi connectivity index (χ0v) is 20.9. The molecule has 0 bridgehead atoms. The van der Waals surface area contributed by atoms with Crippen molar-refractivity contribution in [3.05, 3.63) is 59.7 Å². The Kier molecular flexibility index (Phi) is 9.07. The lowest BCUT2D eigenvalue weighted by molar-refractivity contribution is -0.114. The topological polar surface area (TPSA) is 71.1 Å². The van der Waals surface area contributed by atoms with Crippen LogP contribution in [0.4, 0.5) is 5.69 Å². The molecule has 0 unspecified atom stereocenters. The summed E-state index contributed by atoms with van der Waals surface area (Å²) in [7, 11) is 3.48. The second-order valence-corrected chi connectivity index (χ2v) is 9.22. The number of carbonyl (C=O) groups excluding carboxylic acids is 2. The van der Waals surface area contributed by atoms with E-state index in [2.05, 4.69) is 48.3 Å². The highest BCUT2D eigenvalue weighted by molar-refractivity contribution is 5.99. The lowest BCUT2D eigenvalue weighted by Gasteiger charge is -2.36. The maximum Gasteiger partial charge on any atom is 0.257 e. The summed E-state index contributed by atoms with van der Waals surface area (Å²) in [5, 5.41) is 2.75.